The Morgan fingerprint density at radius 2 is 2.28 bits per heavy atom. The van der Waals surface area contributed by atoms with Crippen LogP contribution in [0.5, 0.6) is 0 Å². The lowest BCUT2D eigenvalue weighted by Crippen LogP contribution is -2.21. The fraction of sp³-hybridized carbons (Fsp3) is 0.800. The molecular formula is C15H25N3. The van der Waals surface area contributed by atoms with Crippen LogP contribution in [0.3, 0.4) is 0 Å². The Morgan fingerprint density at radius 3 is 2.94 bits per heavy atom. The molecule has 0 bridgehead atoms. The van der Waals surface area contributed by atoms with Crippen molar-refractivity contribution < 1.29 is 0 Å². The van der Waals surface area contributed by atoms with Gasteiger partial charge in [-0.25, -0.2) is 4.98 Å². The first-order valence-electron chi connectivity index (χ1n) is 7.56. The van der Waals surface area contributed by atoms with Crippen LogP contribution < -0.4 is 5.32 Å². The van der Waals surface area contributed by atoms with E-state index in [0.717, 1.165) is 18.4 Å². The molecule has 0 radical (unpaired) electrons. The third-order valence-electron chi connectivity index (χ3n) is 5.18. The summed E-state index contributed by atoms with van der Waals surface area (Å²) in [6.07, 6.45) is 10.7. The van der Waals surface area contributed by atoms with Gasteiger partial charge in [0.15, 0.2) is 0 Å². The summed E-state index contributed by atoms with van der Waals surface area (Å²) in [7, 11) is 0. The predicted molar refractivity (Wildman–Crippen MR) is 73.4 cm³/mol. The fourth-order valence-electron chi connectivity index (χ4n) is 3.99. The molecule has 1 aliphatic heterocycles. The number of hydrogen-bond acceptors (Lipinski definition) is 2. The first-order valence-corrected chi connectivity index (χ1v) is 7.56. The van der Waals surface area contributed by atoms with Gasteiger partial charge in [0.1, 0.15) is 0 Å². The van der Waals surface area contributed by atoms with Crippen LogP contribution in [0.2, 0.25) is 0 Å². The van der Waals surface area contributed by atoms with E-state index in [9.17, 15) is 0 Å². The summed E-state index contributed by atoms with van der Waals surface area (Å²) in [6, 6.07) is 1.22. The second kappa shape index (κ2) is 5.04. The van der Waals surface area contributed by atoms with Crippen molar-refractivity contribution in [2.24, 2.45) is 11.8 Å². The van der Waals surface area contributed by atoms with E-state index < -0.39 is 0 Å². The molecule has 0 amide bonds. The van der Waals surface area contributed by atoms with E-state index in [1.54, 1.807) is 0 Å². The van der Waals surface area contributed by atoms with Crippen LogP contribution in [0.1, 0.15) is 63.7 Å². The van der Waals surface area contributed by atoms with E-state index in [2.05, 4.69) is 41.2 Å². The highest BCUT2D eigenvalue weighted by Crippen LogP contribution is 2.43. The number of rotatable bonds is 3. The standard InChI is InChI=1S/C15H25N3/c1-3-12-6-7-14(11(12)2)18-10-16-9-15(18)13-5-4-8-17-13/h9-14,17H,3-8H2,1-2H3. The van der Waals surface area contributed by atoms with E-state index in [-0.39, 0.29) is 0 Å². The number of imidazole rings is 1. The highest BCUT2D eigenvalue weighted by Gasteiger charge is 2.34. The average molecular weight is 247 g/mol. The lowest BCUT2D eigenvalue weighted by atomic mass is 9.93. The third kappa shape index (κ3) is 1.99. The highest BCUT2D eigenvalue weighted by atomic mass is 15.1. The molecule has 1 saturated carbocycles. The van der Waals surface area contributed by atoms with E-state index in [4.69, 9.17) is 0 Å². The van der Waals surface area contributed by atoms with E-state index in [1.807, 2.05) is 0 Å². The van der Waals surface area contributed by atoms with Crippen molar-refractivity contribution in [3.05, 3.63) is 18.2 Å². The second-order valence-electron chi connectivity index (χ2n) is 6.05. The first kappa shape index (κ1) is 12.2. The summed E-state index contributed by atoms with van der Waals surface area (Å²) in [6.45, 7) is 5.92. The summed E-state index contributed by atoms with van der Waals surface area (Å²) in [5.74, 6) is 1.70. The molecule has 1 saturated heterocycles. The zero-order valence-electron chi connectivity index (χ0n) is 11.6. The average Bonchev–Trinajstić information content (AvgIpc) is 3.07. The molecule has 1 N–H and O–H groups in total. The van der Waals surface area contributed by atoms with Gasteiger partial charge in [0.05, 0.1) is 12.0 Å². The molecule has 3 nitrogen and oxygen atoms in total. The smallest absolute Gasteiger partial charge is 0.0951 e. The lowest BCUT2D eigenvalue weighted by Gasteiger charge is -2.24. The minimum Gasteiger partial charge on any atom is -0.330 e. The molecule has 0 spiro atoms. The number of aromatic nitrogens is 2. The fourth-order valence-corrected chi connectivity index (χ4v) is 3.99. The largest absolute Gasteiger partial charge is 0.330 e. The van der Waals surface area contributed by atoms with E-state index >= 15 is 0 Å². The SMILES string of the molecule is CCC1CCC(n2cncc2C2CCCN2)C1C. The van der Waals surface area contributed by atoms with Gasteiger partial charge < -0.3 is 9.88 Å². The van der Waals surface area contributed by atoms with Gasteiger partial charge in [-0.1, -0.05) is 20.3 Å². The van der Waals surface area contributed by atoms with Crippen LogP contribution in [0.15, 0.2) is 12.5 Å². The quantitative estimate of drug-likeness (QED) is 0.888. The summed E-state index contributed by atoms with van der Waals surface area (Å²) in [4.78, 5) is 4.42. The van der Waals surface area contributed by atoms with Crippen LogP contribution in [0.4, 0.5) is 0 Å². The molecule has 1 aromatic heterocycles. The zero-order chi connectivity index (χ0) is 12.5. The summed E-state index contributed by atoms with van der Waals surface area (Å²) < 4.78 is 2.48. The van der Waals surface area contributed by atoms with Crippen LogP contribution in [-0.2, 0) is 0 Å². The molecule has 2 aliphatic rings. The van der Waals surface area contributed by atoms with Crippen molar-refractivity contribution in [3.63, 3.8) is 0 Å². The maximum absolute atomic E-state index is 4.42. The van der Waals surface area contributed by atoms with Crippen LogP contribution >= 0.6 is 0 Å². The van der Waals surface area contributed by atoms with Crippen molar-refractivity contribution in [2.45, 2.75) is 58.0 Å². The Bertz CT molecular complexity index is 392. The lowest BCUT2D eigenvalue weighted by molar-refractivity contribution is 0.320. The molecule has 2 heterocycles. The second-order valence-corrected chi connectivity index (χ2v) is 6.05. The number of nitrogens with zero attached hydrogens (tertiary/aromatic N) is 2. The summed E-state index contributed by atoms with van der Waals surface area (Å²) in [5, 5.41) is 3.60. The molecule has 3 rings (SSSR count). The van der Waals surface area contributed by atoms with Gasteiger partial charge in [0.2, 0.25) is 0 Å². The van der Waals surface area contributed by atoms with Gasteiger partial charge in [0, 0.05) is 18.3 Å². The maximum Gasteiger partial charge on any atom is 0.0951 e. The minimum atomic E-state index is 0.542. The number of nitrogens with one attached hydrogen (secondary N) is 1. The molecule has 0 aromatic carbocycles. The Morgan fingerprint density at radius 1 is 1.39 bits per heavy atom. The Hall–Kier alpha value is -0.830. The van der Waals surface area contributed by atoms with Gasteiger partial charge in [-0.3, -0.25) is 0 Å². The molecule has 1 aliphatic carbocycles. The van der Waals surface area contributed by atoms with Crippen LogP contribution in [0, 0.1) is 11.8 Å². The van der Waals surface area contributed by atoms with Gasteiger partial charge >= 0.3 is 0 Å². The molecular weight excluding hydrogens is 222 g/mol. The van der Waals surface area contributed by atoms with Gasteiger partial charge in [-0.05, 0) is 44.1 Å². The predicted octanol–water partition coefficient (Wildman–Crippen LogP) is 3.30. The molecule has 4 atom stereocenters. The van der Waals surface area contributed by atoms with Crippen molar-refractivity contribution >= 4 is 0 Å². The first-order chi connectivity index (χ1) is 8.81. The van der Waals surface area contributed by atoms with Crippen LogP contribution in [-0.4, -0.2) is 16.1 Å². The van der Waals surface area contributed by atoms with Crippen molar-refractivity contribution in [2.75, 3.05) is 6.54 Å². The van der Waals surface area contributed by atoms with Gasteiger partial charge in [0.25, 0.3) is 0 Å². The van der Waals surface area contributed by atoms with Gasteiger partial charge in [-0.15, -0.1) is 0 Å². The Labute approximate surface area is 110 Å². The monoisotopic (exact) mass is 247 g/mol. The Balaban J connectivity index is 1.82. The Kier molecular flexibility index (Phi) is 3.42. The number of hydrogen-bond donors (Lipinski definition) is 1. The minimum absolute atomic E-state index is 0.542. The molecule has 4 unspecified atom stereocenters. The molecule has 1 aromatic rings. The highest BCUT2D eigenvalue weighted by molar-refractivity contribution is 5.10. The molecule has 3 heteroatoms. The summed E-state index contributed by atoms with van der Waals surface area (Å²) in [5.41, 5.74) is 1.42. The summed E-state index contributed by atoms with van der Waals surface area (Å²) >= 11 is 0. The molecule has 2 fully saturated rings. The third-order valence-corrected chi connectivity index (χ3v) is 5.18. The molecule has 100 valence electrons. The van der Waals surface area contributed by atoms with Crippen molar-refractivity contribution in [1.29, 1.82) is 0 Å². The maximum atomic E-state index is 4.42. The van der Waals surface area contributed by atoms with E-state index in [1.165, 1.54) is 37.8 Å². The zero-order valence-corrected chi connectivity index (χ0v) is 11.6. The molecule has 18 heavy (non-hydrogen) atoms. The topological polar surface area (TPSA) is 29.9 Å². The van der Waals surface area contributed by atoms with Crippen molar-refractivity contribution in [1.82, 2.24) is 14.9 Å². The van der Waals surface area contributed by atoms with E-state index in [0.29, 0.717) is 12.1 Å². The normalized spacial score (nSPS) is 36.3. The van der Waals surface area contributed by atoms with Gasteiger partial charge in [-0.2, -0.15) is 0 Å². The van der Waals surface area contributed by atoms with Crippen LogP contribution in [0.25, 0.3) is 0 Å². The van der Waals surface area contributed by atoms with Crippen molar-refractivity contribution in [3.8, 4) is 0 Å².